The second-order valence-electron chi connectivity index (χ2n) is 5.65. The number of halogens is 1. The van der Waals surface area contributed by atoms with E-state index >= 15 is 0 Å². The first kappa shape index (κ1) is 12.9. The van der Waals surface area contributed by atoms with Crippen LogP contribution >= 0.6 is 11.6 Å². The van der Waals surface area contributed by atoms with Crippen molar-refractivity contribution in [3.63, 3.8) is 0 Å². The number of piperidine rings is 2. The first-order valence-corrected chi connectivity index (χ1v) is 7.28. The summed E-state index contributed by atoms with van der Waals surface area (Å²) in [4.78, 5) is 10.6. The highest BCUT2D eigenvalue weighted by atomic mass is 35.5. The molecule has 2 bridgehead atoms. The lowest BCUT2D eigenvalue weighted by atomic mass is 9.82. The number of nitrogen functional groups attached to an aromatic ring is 1. The van der Waals surface area contributed by atoms with Crippen molar-refractivity contribution in [2.45, 2.75) is 50.2 Å². The molecule has 2 unspecified atom stereocenters. The van der Waals surface area contributed by atoms with E-state index in [1.54, 1.807) is 6.07 Å². The van der Waals surface area contributed by atoms with Gasteiger partial charge in [0.15, 0.2) is 0 Å². The Balaban J connectivity index is 1.70. The molecule has 104 valence electrons. The Morgan fingerprint density at radius 1 is 1.32 bits per heavy atom. The maximum Gasteiger partial charge on any atom is 0.223 e. The molecule has 2 aliphatic heterocycles. The van der Waals surface area contributed by atoms with Crippen LogP contribution in [-0.2, 0) is 0 Å². The quantitative estimate of drug-likeness (QED) is 0.813. The fourth-order valence-electron chi connectivity index (χ4n) is 3.45. The summed E-state index contributed by atoms with van der Waals surface area (Å²) in [6, 6.07) is 3.59. The minimum absolute atomic E-state index is 0.225. The smallest absolute Gasteiger partial charge is 0.223 e. The van der Waals surface area contributed by atoms with E-state index in [4.69, 9.17) is 17.3 Å². The summed E-state index contributed by atoms with van der Waals surface area (Å²) < 4.78 is 0. The molecule has 0 saturated carbocycles. The lowest BCUT2D eigenvalue weighted by Crippen LogP contribution is -2.52. The van der Waals surface area contributed by atoms with Crippen LogP contribution in [0.25, 0.3) is 0 Å². The summed E-state index contributed by atoms with van der Waals surface area (Å²) in [7, 11) is 2.25. The molecule has 2 fully saturated rings. The van der Waals surface area contributed by atoms with Gasteiger partial charge in [-0.1, -0.05) is 18.0 Å². The Labute approximate surface area is 118 Å². The van der Waals surface area contributed by atoms with Crippen LogP contribution in [0.5, 0.6) is 0 Å². The molecule has 0 aliphatic carbocycles. The van der Waals surface area contributed by atoms with Crippen molar-refractivity contribution >= 4 is 23.4 Å². The van der Waals surface area contributed by atoms with Crippen LogP contribution in [0.2, 0.25) is 5.15 Å². The average molecular weight is 282 g/mol. The van der Waals surface area contributed by atoms with Crippen LogP contribution < -0.4 is 11.1 Å². The Kier molecular flexibility index (Phi) is 3.50. The molecule has 0 amide bonds. The van der Waals surface area contributed by atoms with Crippen LogP contribution in [0.4, 0.5) is 11.8 Å². The molecule has 0 spiro atoms. The van der Waals surface area contributed by atoms with Gasteiger partial charge in [-0.3, -0.25) is 0 Å². The van der Waals surface area contributed by atoms with Gasteiger partial charge in [-0.15, -0.1) is 0 Å². The molecule has 0 aromatic carbocycles. The zero-order chi connectivity index (χ0) is 13.4. The van der Waals surface area contributed by atoms with Crippen molar-refractivity contribution in [2.24, 2.45) is 0 Å². The first-order valence-electron chi connectivity index (χ1n) is 6.90. The largest absolute Gasteiger partial charge is 0.368 e. The third-order valence-corrected chi connectivity index (χ3v) is 4.60. The fraction of sp³-hybridized carbons (Fsp3) is 0.692. The summed E-state index contributed by atoms with van der Waals surface area (Å²) >= 11 is 5.91. The van der Waals surface area contributed by atoms with Gasteiger partial charge < -0.3 is 16.0 Å². The number of hydrogen-bond acceptors (Lipinski definition) is 5. The number of hydrogen-bond donors (Lipinski definition) is 2. The number of anilines is 2. The van der Waals surface area contributed by atoms with E-state index < -0.39 is 0 Å². The maximum absolute atomic E-state index is 5.91. The van der Waals surface area contributed by atoms with Gasteiger partial charge in [-0.05, 0) is 32.7 Å². The summed E-state index contributed by atoms with van der Waals surface area (Å²) in [6.45, 7) is 0. The van der Waals surface area contributed by atoms with Gasteiger partial charge in [0.2, 0.25) is 5.95 Å². The molecular weight excluding hydrogens is 262 g/mol. The predicted molar refractivity (Wildman–Crippen MR) is 77.3 cm³/mol. The zero-order valence-electron chi connectivity index (χ0n) is 11.1. The van der Waals surface area contributed by atoms with Gasteiger partial charge >= 0.3 is 0 Å². The van der Waals surface area contributed by atoms with Gasteiger partial charge in [0.25, 0.3) is 0 Å². The monoisotopic (exact) mass is 281 g/mol. The second kappa shape index (κ2) is 5.13. The SMILES string of the molecule is CN1C2CCCC1CC(Nc1cc(Cl)nc(N)n1)C2. The molecule has 2 saturated heterocycles. The molecule has 3 heterocycles. The third-order valence-electron chi connectivity index (χ3n) is 4.40. The van der Waals surface area contributed by atoms with Crippen LogP contribution in [0.3, 0.4) is 0 Å². The molecule has 5 nitrogen and oxygen atoms in total. The van der Waals surface area contributed by atoms with Crippen molar-refractivity contribution in [3.8, 4) is 0 Å². The average Bonchev–Trinajstić information content (AvgIpc) is 2.29. The molecule has 0 radical (unpaired) electrons. The Hall–Kier alpha value is -1.07. The third kappa shape index (κ3) is 2.77. The lowest BCUT2D eigenvalue weighted by molar-refractivity contribution is 0.0608. The minimum Gasteiger partial charge on any atom is -0.368 e. The minimum atomic E-state index is 0.225. The predicted octanol–water partition coefficient (Wildman–Crippen LogP) is 2.14. The van der Waals surface area contributed by atoms with Gasteiger partial charge in [0.1, 0.15) is 11.0 Å². The van der Waals surface area contributed by atoms with Crippen LogP contribution in [-0.4, -0.2) is 40.0 Å². The molecule has 3 rings (SSSR count). The van der Waals surface area contributed by atoms with Crippen LogP contribution in [0, 0.1) is 0 Å². The molecule has 2 atom stereocenters. The van der Waals surface area contributed by atoms with E-state index in [-0.39, 0.29) is 5.95 Å². The summed E-state index contributed by atoms with van der Waals surface area (Å²) in [5.74, 6) is 0.966. The Morgan fingerprint density at radius 3 is 2.63 bits per heavy atom. The highest BCUT2D eigenvalue weighted by Gasteiger charge is 2.35. The first-order chi connectivity index (χ1) is 9.11. The molecule has 1 aromatic rings. The number of aromatic nitrogens is 2. The standard InChI is InChI=1S/C13H20ClN5/c1-19-9-3-2-4-10(19)6-8(5-9)16-12-7-11(14)17-13(15)18-12/h7-10H,2-6H2,1H3,(H3,15,16,17,18). The molecular formula is C13H20ClN5. The molecule has 6 heteroatoms. The lowest BCUT2D eigenvalue weighted by Gasteiger charge is -2.47. The Morgan fingerprint density at radius 2 is 2.00 bits per heavy atom. The van der Waals surface area contributed by atoms with E-state index in [1.165, 1.54) is 19.3 Å². The summed E-state index contributed by atoms with van der Waals surface area (Å²) in [5, 5.41) is 3.86. The fourth-order valence-corrected chi connectivity index (χ4v) is 3.64. The van der Waals surface area contributed by atoms with Crippen molar-refractivity contribution in [1.29, 1.82) is 0 Å². The number of nitrogens with one attached hydrogen (secondary N) is 1. The van der Waals surface area contributed by atoms with E-state index in [2.05, 4.69) is 27.2 Å². The number of nitrogens with zero attached hydrogens (tertiary/aromatic N) is 3. The van der Waals surface area contributed by atoms with Crippen molar-refractivity contribution in [2.75, 3.05) is 18.1 Å². The van der Waals surface area contributed by atoms with E-state index in [9.17, 15) is 0 Å². The molecule has 1 aromatic heterocycles. The van der Waals surface area contributed by atoms with E-state index in [1.807, 2.05) is 0 Å². The van der Waals surface area contributed by atoms with Gasteiger partial charge in [-0.25, -0.2) is 4.98 Å². The summed E-state index contributed by atoms with van der Waals surface area (Å²) in [6.07, 6.45) is 6.29. The maximum atomic E-state index is 5.91. The second-order valence-corrected chi connectivity index (χ2v) is 6.04. The molecule has 19 heavy (non-hydrogen) atoms. The normalized spacial score (nSPS) is 31.2. The van der Waals surface area contributed by atoms with E-state index in [0.29, 0.717) is 23.3 Å². The van der Waals surface area contributed by atoms with Crippen molar-refractivity contribution in [3.05, 3.63) is 11.2 Å². The number of fused-ring (bicyclic) bond motifs is 2. The molecule has 2 aliphatic rings. The zero-order valence-corrected chi connectivity index (χ0v) is 11.9. The summed E-state index contributed by atoms with van der Waals surface area (Å²) in [5.41, 5.74) is 5.62. The topological polar surface area (TPSA) is 67.1 Å². The van der Waals surface area contributed by atoms with Gasteiger partial charge in [0.05, 0.1) is 0 Å². The van der Waals surface area contributed by atoms with Gasteiger partial charge in [0, 0.05) is 24.2 Å². The van der Waals surface area contributed by atoms with Gasteiger partial charge in [-0.2, -0.15) is 4.98 Å². The highest BCUT2D eigenvalue weighted by Crippen LogP contribution is 2.33. The Bertz CT molecular complexity index is 432. The number of nitrogens with two attached hydrogens (primary N) is 1. The van der Waals surface area contributed by atoms with E-state index in [0.717, 1.165) is 18.7 Å². The molecule has 3 N–H and O–H groups in total. The number of rotatable bonds is 2. The van der Waals surface area contributed by atoms with Crippen LogP contribution in [0.1, 0.15) is 32.1 Å². The highest BCUT2D eigenvalue weighted by molar-refractivity contribution is 6.29. The van der Waals surface area contributed by atoms with Crippen LogP contribution in [0.15, 0.2) is 6.07 Å². The van der Waals surface area contributed by atoms with Crippen molar-refractivity contribution in [1.82, 2.24) is 14.9 Å². The van der Waals surface area contributed by atoms with Crippen molar-refractivity contribution < 1.29 is 0 Å².